The Hall–Kier alpha value is -2.34. The van der Waals surface area contributed by atoms with Crippen LogP contribution in [0.2, 0.25) is 0 Å². The summed E-state index contributed by atoms with van der Waals surface area (Å²) < 4.78 is 5.07. The van der Waals surface area contributed by atoms with Crippen LogP contribution in [0, 0.1) is 0 Å². The standard InChI is InChI=1S/C16H17NO4S/c1-11(17-15(18)8-12-6-7-22-10-12)13-2-4-14(5-3-13)21-9-16(19)20/h2-7,10-11H,8-9H2,1H3,(H,17,18)(H,19,20)/t11-/m1/s1. The fraction of sp³-hybridized carbons (Fsp3) is 0.250. The average molecular weight is 319 g/mol. The van der Waals surface area contributed by atoms with Gasteiger partial charge in [-0.3, -0.25) is 4.79 Å². The normalized spacial score (nSPS) is 11.7. The molecule has 0 bridgehead atoms. The van der Waals surface area contributed by atoms with Crippen LogP contribution in [0.15, 0.2) is 41.1 Å². The molecular weight excluding hydrogens is 302 g/mol. The summed E-state index contributed by atoms with van der Waals surface area (Å²) in [5, 5.41) is 15.4. The Bertz CT molecular complexity index is 622. The number of hydrogen-bond donors (Lipinski definition) is 2. The number of benzene rings is 1. The van der Waals surface area contributed by atoms with Crippen molar-refractivity contribution < 1.29 is 19.4 Å². The molecule has 0 aliphatic rings. The lowest BCUT2D eigenvalue weighted by Crippen LogP contribution is -2.27. The molecule has 1 amide bonds. The summed E-state index contributed by atoms with van der Waals surface area (Å²) in [6.07, 6.45) is 0.369. The first-order valence-electron chi connectivity index (χ1n) is 6.79. The van der Waals surface area contributed by atoms with Crippen molar-refractivity contribution in [2.45, 2.75) is 19.4 Å². The fourth-order valence-electron chi connectivity index (χ4n) is 1.95. The number of aliphatic carboxylic acids is 1. The minimum atomic E-state index is -1.02. The summed E-state index contributed by atoms with van der Waals surface area (Å²) in [5.41, 5.74) is 1.94. The molecule has 6 heteroatoms. The first-order chi connectivity index (χ1) is 10.5. The Morgan fingerprint density at radius 2 is 2.00 bits per heavy atom. The predicted molar refractivity (Wildman–Crippen MR) is 84.2 cm³/mol. The molecule has 0 radical (unpaired) electrons. The van der Waals surface area contributed by atoms with E-state index in [2.05, 4.69) is 5.32 Å². The van der Waals surface area contributed by atoms with E-state index in [9.17, 15) is 9.59 Å². The average Bonchev–Trinajstić information content (AvgIpc) is 2.98. The zero-order valence-corrected chi connectivity index (χ0v) is 12.9. The van der Waals surface area contributed by atoms with Crippen LogP contribution in [0.5, 0.6) is 5.75 Å². The topological polar surface area (TPSA) is 75.6 Å². The van der Waals surface area contributed by atoms with Crippen LogP contribution in [0.4, 0.5) is 0 Å². The molecule has 0 aliphatic heterocycles. The number of hydrogen-bond acceptors (Lipinski definition) is 4. The monoisotopic (exact) mass is 319 g/mol. The highest BCUT2D eigenvalue weighted by Crippen LogP contribution is 2.18. The molecule has 5 nitrogen and oxygen atoms in total. The van der Waals surface area contributed by atoms with Gasteiger partial charge in [-0.15, -0.1) is 0 Å². The molecule has 2 rings (SSSR count). The number of carboxylic acid groups (broad SMARTS) is 1. The van der Waals surface area contributed by atoms with Gasteiger partial charge >= 0.3 is 5.97 Å². The van der Waals surface area contributed by atoms with Gasteiger partial charge in [-0.2, -0.15) is 11.3 Å². The third-order valence-corrected chi connectivity index (χ3v) is 3.80. The van der Waals surface area contributed by atoms with Crippen LogP contribution >= 0.6 is 11.3 Å². The van der Waals surface area contributed by atoms with E-state index < -0.39 is 5.97 Å². The number of rotatable bonds is 7. The third kappa shape index (κ3) is 4.89. The molecule has 2 aromatic rings. The Labute approximate surface area is 132 Å². The number of carboxylic acids is 1. The Balaban J connectivity index is 1.87. The van der Waals surface area contributed by atoms with Gasteiger partial charge in [0.2, 0.25) is 5.91 Å². The number of ether oxygens (including phenoxy) is 1. The minimum absolute atomic E-state index is 0.0305. The van der Waals surface area contributed by atoms with E-state index in [1.54, 1.807) is 23.5 Å². The SMILES string of the molecule is C[C@@H](NC(=O)Cc1ccsc1)c1ccc(OCC(=O)O)cc1. The molecular formula is C16H17NO4S. The lowest BCUT2D eigenvalue weighted by molar-refractivity contribution is -0.139. The van der Waals surface area contributed by atoms with Crippen molar-refractivity contribution in [2.24, 2.45) is 0 Å². The Kier molecular flexibility index (Phi) is 5.55. The molecule has 1 heterocycles. The van der Waals surface area contributed by atoms with Gasteiger partial charge in [0.15, 0.2) is 6.61 Å². The van der Waals surface area contributed by atoms with Crippen molar-refractivity contribution in [3.8, 4) is 5.75 Å². The number of carbonyl (C=O) groups is 2. The highest BCUT2D eigenvalue weighted by atomic mass is 32.1. The second-order valence-electron chi connectivity index (χ2n) is 4.85. The Morgan fingerprint density at radius 1 is 1.27 bits per heavy atom. The van der Waals surface area contributed by atoms with Crippen molar-refractivity contribution in [1.82, 2.24) is 5.32 Å². The molecule has 0 unspecified atom stereocenters. The molecule has 0 fully saturated rings. The summed E-state index contributed by atoms with van der Waals surface area (Å²) >= 11 is 1.57. The molecule has 1 aromatic heterocycles. The zero-order valence-electron chi connectivity index (χ0n) is 12.1. The van der Waals surface area contributed by atoms with Crippen LogP contribution in [0.1, 0.15) is 24.1 Å². The van der Waals surface area contributed by atoms with Crippen LogP contribution < -0.4 is 10.1 Å². The van der Waals surface area contributed by atoms with Crippen LogP contribution in [-0.2, 0) is 16.0 Å². The number of carbonyl (C=O) groups excluding carboxylic acids is 1. The van der Waals surface area contributed by atoms with Crippen LogP contribution in [0.25, 0.3) is 0 Å². The molecule has 0 saturated heterocycles. The molecule has 22 heavy (non-hydrogen) atoms. The van der Waals surface area contributed by atoms with Crippen molar-refractivity contribution in [2.75, 3.05) is 6.61 Å². The minimum Gasteiger partial charge on any atom is -0.482 e. The van der Waals surface area contributed by atoms with Gasteiger partial charge in [-0.05, 0) is 47.0 Å². The summed E-state index contributed by atoms with van der Waals surface area (Å²) in [7, 11) is 0. The quantitative estimate of drug-likeness (QED) is 0.822. The maximum absolute atomic E-state index is 11.9. The van der Waals surface area contributed by atoms with Gasteiger partial charge in [0.25, 0.3) is 0 Å². The summed E-state index contributed by atoms with van der Waals surface area (Å²) in [4.78, 5) is 22.4. The number of thiophene rings is 1. The summed E-state index contributed by atoms with van der Waals surface area (Å²) in [5.74, 6) is -0.557. The van der Waals surface area contributed by atoms with E-state index in [4.69, 9.17) is 9.84 Å². The van der Waals surface area contributed by atoms with Gasteiger partial charge in [-0.25, -0.2) is 4.79 Å². The first kappa shape index (κ1) is 16.0. The largest absolute Gasteiger partial charge is 0.482 e. The molecule has 0 spiro atoms. The van der Waals surface area contributed by atoms with Crippen molar-refractivity contribution in [3.63, 3.8) is 0 Å². The lowest BCUT2D eigenvalue weighted by atomic mass is 10.1. The maximum atomic E-state index is 11.9. The lowest BCUT2D eigenvalue weighted by Gasteiger charge is -2.14. The highest BCUT2D eigenvalue weighted by Gasteiger charge is 2.10. The molecule has 1 atom stereocenters. The van der Waals surface area contributed by atoms with E-state index in [1.807, 2.05) is 35.9 Å². The second-order valence-corrected chi connectivity index (χ2v) is 5.63. The van der Waals surface area contributed by atoms with Gasteiger partial charge in [0.05, 0.1) is 12.5 Å². The summed E-state index contributed by atoms with van der Waals surface area (Å²) in [6.45, 7) is 1.53. The molecule has 116 valence electrons. The van der Waals surface area contributed by atoms with Gasteiger partial charge in [0.1, 0.15) is 5.75 Å². The summed E-state index contributed by atoms with van der Waals surface area (Å²) in [6, 6.07) is 8.82. The van der Waals surface area contributed by atoms with E-state index in [1.165, 1.54) is 0 Å². The first-order valence-corrected chi connectivity index (χ1v) is 7.74. The highest BCUT2D eigenvalue weighted by molar-refractivity contribution is 7.07. The second kappa shape index (κ2) is 7.61. The zero-order chi connectivity index (χ0) is 15.9. The smallest absolute Gasteiger partial charge is 0.341 e. The number of nitrogens with one attached hydrogen (secondary N) is 1. The van der Waals surface area contributed by atoms with Crippen LogP contribution in [0.3, 0.4) is 0 Å². The van der Waals surface area contributed by atoms with E-state index in [-0.39, 0.29) is 18.6 Å². The van der Waals surface area contributed by atoms with E-state index in [0.717, 1.165) is 11.1 Å². The Morgan fingerprint density at radius 3 is 2.59 bits per heavy atom. The predicted octanol–water partition coefficient (Wildman–Crippen LogP) is 2.63. The van der Waals surface area contributed by atoms with Crippen molar-refractivity contribution in [3.05, 3.63) is 52.2 Å². The molecule has 1 aromatic carbocycles. The maximum Gasteiger partial charge on any atom is 0.341 e. The van der Waals surface area contributed by atoms with E-state index >= 15 is 0 Å². The van der Waals surface area contributed by atoms with Gasteiger partial charge in [0, 0.05) is 0 Å². The molecule has 0 aliphatic carbocycles. The molecule has 0 saturated carbocycles. The van der Waals surface area contributed by atoms with Gasteiger partial charge < -0.3 is 15.2 Å². The fourth-order valence-corrected chi connectivity index (χ4v) is 2.62. The van der Waals surface area contributed by atoms with Crippen molar-refractivity contribution >= 4 is 23.2 Å². The van der Waals surface area contributed by atoms with Crippen molar-refractivity contribution in [1.29, 1.82) is 0 Å². The molecule has 2 N–H and O–H groups in total. The van der Waals surface area contributed by atoms with Gasteiger partial charge in [-0.1, -0.05) is 12.1 Å². The number of amides is 1. The van der Waals surface area contributed by atoms with Crippen LogP contribution in [-0.4, -0.2) is 23.6 Å². The van der Waals surface area contributed by atoms with E-state index in [0.29, 0.717) is 12.2 Å². The third-order valence-electron chi connectivity index (χ3n) is 3.06.